The fourth-order valence-electron chi connectivity index (χ4n) is 0.954. The molecule has 0 fully saturated rings. The van der Waals surface area contributed by atoms with Crippen LogP contribution in [-0.2, 0) is 0 Å². The number of pyridine rings is 1. The summed E-state index contributed by atoms with van der Waals surface area (Å²) in [6.45, 7) is 2.00. The van der Waals surface area contributed by atoms with Crippen LogP contribution >= 0.6 is 15.9 Å². The average molecular weight is 226 g/mol. The van der Waals surface area contributed by atoms with Crippen LogP contribution in [0.25, 0.3) is 6.08 Å². The van der Waals surface area contributed by atoms with Crippen molar-refractivity contribution in [1.82, 2.24) is 4.98 Å². The van der Waals surface area contributed by atoms with E-state index in [0.717, 1.165) is 17.4 Å². The van der Waals surface area contributed by atoms with Crippen molar-refractivity contribution in [3.63, 3.8) is 0 Å². The smallest absolute Gasteiger partial charge is 0.0378 e. The van der Waals surface area contributed by atoms with Gasteiger partial charge in [0.2, 0.25) is 0 Å². The van der Waals surface area contributed by atoms with E-state index < -0.39 is 0 Å². The Hall–Kier alpha value is -0.630. The van der Waals surface area contributed by atoms with Crippen molar-refractivity contribution < 1.29 is 0 Å². The number of aromatic nitrogens is 1. The van der Waals surface area contributed by atoms with E-state index in [1.165, 1.54) is 5.56 Å². The summed E-state index contributed by atoms with van der Waals surface area (Å²) in [5, 5.41) is 1.02. The van der Waals surface area contributed by atoms with Gasteiger partial charge in [0.05, 0.1) is 0 Å². The van der Waals surface area contributed by atoms with Gasteiger partial charge in [-0.2, -0.15) is 0 Å². The molecule has 0 spiro atoms. The molecule has 64 valence electrons. The molecular weight excluding hydrogens is 214 g/mol. The van der Waals surface area contributed by atoms with E-state index >= 15 is 0 Å². The summed E-state index contributed by atoms with van der Waals surface area (Å²) >= 11 is 3.37. The predicted molar refractivity (Wildman–Crippen MR) is 56.4 cm³/mol. The Morgan fingerprint density at radius 1 is 1.58 bits per heavy atom. The van der Waals surface area contributed by atoms with Crippen molar-refractivity contribution in [2.24, 2.45) is 0 Å². The first kappa shape index (κ1) is 9.46. The zero-order valence-electron chi connectivity index (χ0n) is 7.13. The van der Waals surface area contributed by atoms with Crippen molar-refractivity contribution in [2.45, 2.75) is 13.3 Å². The quantitative estimate of drug-likeness (QED) is 0.721. The van der Waals surface area contributed by atoms with Gasteiger partial charge >= 0.3 is 0 Å². The molecule has 1 aromatic rings. The first-order valence-electron chi connectivity index (χ1n) is 3.98. The third kappa shape index (κ3) is 3.18. The minimum atomic E-state index is 1.02. The number of aryl methyl sites for hydroxylation is 1. The van der Waals surface area contributed by atoms with E-state index in [1.54, 1.807) is 0 Å². The van der Waals surface area contributed by atoms with Crippen molar-refractivity contribution in [1.29, 1.82) is 0 Å². The van der Waals surface area contributed by atoms with Gasteiger partial charge in [-0.3, -0.25) is 4.98 Å². The Labute approximate surface area is 81.7 Å². The van der Waals surface area contributed by atoms with E-state index in [1.807, 2.05) is 19.2 Å². The normalized spacial score (nSPS) is 10.8. The zero-order valence-corrected chi connectivity index (χ0v) is 8.71. The molecule has 0 amide bonds. The first-order valence-corrected chi connectivity index (χ1v) is 5.10. The molecular formula is C10H12BrN. The molecule has 1 rings (SSSR count). The lowest BCUT2D eigenvalue weighted by atomic mass is 10.2. The summed E-state index contributed by atoms with van der Waals surface area (Å²) in [5.41, 5.74) is 2.29. The summed E-state index contributed by atoms with van der Waals surface area (Å²) < 4.78 is 0. The second-order valence-electron chi connectivity index (χ2n) is 2.61. The van der Waals surface area contributed by atoms with E-state index in [0.29, 0.717) is 0 Å². The number of hydrogen-bond acceptors (Lipinski definition) is 1. The Morgan fingerprint density at radius 2 is 2.42 bits per heavy atom. The maximum atomic E-state index is 4.12. The van der Waals surface area contributed by atoms with Crippen LogP contribution in [-0.4, -0.2) is 10.3 Å². The fraction of sp³-hybridized carbons (Fsp3) is 0.300. The average Bonchev–Trinajstić information content (AvgIpc) is 2.05. The Morgan fingerprint density at radius 3 is 3.08 bits per heavy atom. The second kappa shape index (κ2) is 5.09. The fourth-order valence-corrected chi connectivity index (χ4v) is 1.22. The number of alkyl halides is 1. The third-order valence-electron chi connectivity index (χ3n) is 1.51. The molecule has 1 heterocycles. The molecule has 2 heteroatoms. The van der Waals surface area contributed by atoms with Crippen LogP contribution in [0.5, 0.6) is 0 Å². The monoisotopic (exact) mass is 225 g/mol. The molecule has 0 unspecified atom stereocenters. The Balaban J connectivity index is 2.63. The van der Waals surface area contributed by atoms with Crippen LogP contribution in [0.4, 0.5) is 0 Å². The van der Waals surface area contributed by atoms with Gasteiger partial charge in [-0.1, -0.05) is 28.1 Å². The summed E-state index contributed by atoms with van der Waals surface area (Å²) in [7, 11) is 0. The molecule has 0 N–H and O–H groups in total. The SMILES string of the molecule is Cc1cc(C=CCCBr)ccn1. The van der Waals surface area contributed by atoms with Gasteiger partial charge in [-0.15, -0.1) is 0 Å². The van der Waals surface area contributed by atoms with Gasteiger partial charge in [-0.05, 0) is 31.0 Å². The molecule has 0 bridgehead atoms. The lowest BCUT2D eigenvalue weighted by Gasteiger charge is -1.93. The Bertz CT molecular complexity index is 268. The summed E-state index contributed by atoms with van der Waals surface area (Å²) in [6.07, 6.45) is 7.18. The molecule has 0 atom stereocenters. The predicted octanol–water partition coefficient (Wildman–Crippen LogP) is 3.19. The zero-order chi connectivity index (χ0) is 8.81. The van der Waals surface area contributed by atoms with Crippen LogP contribution in [0.1, 0.15) is 17.7 Å². The molecule has 0 saturated carbocycles. The lowest BCUT2D eigenvalue weighted by Crippen LogP contribution is -1.80. The largest absolute Gasteiger partial charge is 0.262 e. The topological polar surface area (TPSA) is 12.9 Å². The van der Waals surface area contributed by atoms with Crippen molar-refractivity contribution in [3.05, 3.63) is 35.7 Å². The molecule has 0 aliphatic rings. The van der Waals surface area contributed by atoms with Gasteiger partial charge in [0, 0.05) is 17.2 Å². The summed E-state index contributed by atoms with van der Waals surface area (Å²) in [5.74, 6) is 0. The van der Waals surface area contributed by atoms with E-state index in [9.17, 15) is 0 Å². The van der Waals surface area contributed by atoms with Gasteiger partial charge in [0.25, 0.3) is 0 Å². The maximum Gasteiger partial charge on any atom is 0.0378 e. The number of halogens is 1. The maximum absolute atomic E-state index is 4.12. The molecule has 0 saturated heterocycles. The number of allylic oxidation sites excluding steroid dienone is 1. The van der Waals surface area contributed by atoms with E-state index in [4.69, 9.17) is 0 Å². The van der Waals surface area contributed by atoms with E-state index in [2.05, 4.69) is 39.1 Å². The van der Waals surface area contributed by atoms with Crippen LogP contribution in [0.15, 0.2) is 24.4 Å². The van der Waals surface area contributed by atoms with Gasteiger partial charge in [0.1, 0.15) is 0 Å². The number of nitrogens with zero attached hydrogens (tertiary/aromatic N) is 1. The first-order chi connectivity index (χ1) is 5.83. The van der Waals surface area contributed by atoms with Crippen LogP contribution in [0.3, 0.4) is 0 Å². The second-order valence-corrected chi connectivity index (χ2v) is 3.40. The molecule has 0 aliphatic carbocycles. The summed E-state index contributed by atoms with van der Waals surface area (Å²) in [4.78, 5) is 4.12. The molecule has 1 aromatic heterocycles. The number of hydrogen-bond donors (Lipinski definition) is 0. The molecule has 0 radical (unpaired) electrons. The number of rotatable bonds is 3. The van der Waals surface area contributed by atoms with Crippen molar-refractivity contribution >= 4 is 22.0 Å². The lowest BCUT2D eigenvalue weighted by molar-refractivity contribution is 1.19. The highest BCUT2D eigenvalue weighted by Gasteiger charge is 1.86. The highest BCUT2D eigenvalue weighted by atomic mass is 79.9. The van der Waals surface area contributed by atoms with Gasteiger partial charge < -0.3 is 0 Å². The molecule has 0 aromatic carbocycles. The molecule has 0 aliphatic heterocycles. The van der Waals surface area contributed by atoms with Crippen LogP contribution < -0.4 is 0 Å². The van der Waals surface area contributed by atoms with E-state index in [-0.39, 0.29) is 0 Å². The van der Waals surface area contributed by atoms with Gasteiger partial charge in [-0.25, -0.2) is 0 Å². The Kier molecular flexibility index (Phi) is 4.01. The highest BCUT2D eigenvalue weighted by Crippen LogP contribution is 2.03. The highest BCUT2D eigenvalue weighted by molar-refractivity contribution is 9.09. The standard InChI is InChI=1S/C10H12BrN/c1-9-8-10(5-7-12-9)4-2-3-6-11/h2,4-5,7-8H,3,6H2,1H3. The minimum Gasteiger partial charge on any atom is -0.262 e. The van der Waals surface area contributed by atoms with Gasteiger partial charge in [0.15, 0.2) is 0 Å². The van der Waals surface area contributed by atoms with Crippen LogP contribution in [0.2, 0.25) is 0 Å². The van der Waals surface area contributed by atoms with Crippen LogP contribution in [0, 0.1) is 6.92 Å². The summed E-state index contributed by atoms with van der Waals surface area (Å²) in [6, 6.07) is 4.09. The molecule has 12 heavy (non-hydrogen) atoms. The van der Waals surface area contributed by atoms with Crippen molar-refractivity contribution in [2.75, 3.05) is 5.33 Å². The third-order valence-corrected chi connectivity index (χ3v) is 1.96. The van der Waals surface area contributed by atoms with Crippen molar-refractivity contribution in [3.8, 4) is 0 Å². The molecule has 1 nitrogen and oxygen atoms in total. The minimum absolute atomic E-state index is 1.02.